The Kier molecular flexibility index (Phi) is 4.99. The molecular formula is C17H15FN4O2S. The molecule has 128 valence electrons. The van der Waals surface area contributed by atoms with Gasteiger partial charge < -0.3 is 0 Å². The maximum absolute atomic E-state index is 13.2. The number of halogens is 1. The van der Waals surface area contributed by atoms with Crippen LogP contribution in [0.3, 0.4) is 0 Å². The first-order chi connectivity index (χ1) is 12.0. The van der Waals surface area contributed by atoms with Crippen molar-refractivity contribution in [1.29, 1.82) is 0 Å². The molecule has 0 saturated carbocycles. The standard InChI is InChI=1S/C17H15FN4O2S/c1-2-22-15(23)7-6-14(21-22)16(24)20-17-19-10-13(25-17)9-11-4-3-5-12(18)8-11/h3-8,10H,2,9H2,1H3,(H,19,20,24). The molecule has 1 aromatic carbocycles. The fourth-order valence-electron chi connectivity index (χ4n) is 2.25. The summed E-state index contributed by atoms with van der Waals surface area (Å²) in [5.41, 5.74) is 0.715. The first kappa shape index (κ1) is 17.0. The van der Waals surface area contributed by atoms with Crippen LogP contribution in [0.1, 0.15) is 27.9 Å². The van der Waals surface area contributed by atoms with Gasteiger partial charge in [-0.1, -0.05) is 12.1 Å². The van der Waals surface area contributed by atoms with Crippen LogP contribution in [0.15, 0.2) is 47.4 Å². The minimum Gasteiger partial charge on any atom is -0.296 e. The third-order valence-electron chi connectivity index (χ3n) is 3.44. The lowest BCUT2D eigenvalue weighted by molar-refractivity contribution is 0.102. The molecule has 0 radical (unpaired) electrons. The Bertz CT molecular complexity index is 967. The predicted molar refractivity (Wildman–Crippen MR) is 93.4 cm³/mol. The molecule has 2 aromatic heterocycles. The number of hydrogen-bond donors (Lipinski definition) is 1. The van der Waals surface area contributed by atoms with Crippen molar-refractivity contribution >= 4 is 22.4 Å². The highest BCUT2D eigenvalue weighted by Crippen LogP contribution is 2.21. The summed E-state index contributed by atoms with van der Waals surface area (Å²) in [4.78, 5) is 28.8. The summed E-state index contributed by atoms with van der Waals surface area (Å²) in [5.74, 6) is -0.721. The number of hydrogen-bond acceptors (Lipinski definition) is 5. The molecule has 6 nitrogen and oxygen atoms in total. The lowest BCUT2D eigenvalue weighted by atomic mass is 10.1. The van der Waals surface area contributed by atoms with Crippen LogP contribution < -0.4 is 10.9 Å². The number of nitrogens with one attached hydrogen (secondary N) is 1. The van der Waals surface area contributed by atoms with Crippen LogP contribution in [0.4, 0.5) is 9.52 Å². The summed E-state index contributed by atoms with van der Waals surface area (Å²) in [7, 11) is 0. The SMILES string of the molecule is CCn1nc(C(=O)Nc2ncc(Cc3cccc(F)c3)s2)ccc1=O. The van der Waals surface area contributed by atoms with Crippen LogP contribution >= 0.6 is 11.3 Å². The summed E-state index contributed by atoms with van der Waals surface area (Å²) in [5, 5.41) is 7.09. The van der Waals surface area contributed by atoms with Crippen LogP contribution in [0.2, 0.25) is 0 Å². The second-order valence-corrected chi connectivity index (χ2v) is 6.38. The second-order valence-electron chi connectivity index (χ2n) is 5.27. The van der Waals surface area contributed by atoms with Gasteiger partial charge in [0, 0.05) is 30.1 Å². The van der Waals surface area contributed by atoms with Crippen LogP contribution in [0, 0.1) is 5.82 Å². The molecule has 0 saturated heterocycles. The Balaban J connectivity index is 1.70. The molecule has 0 unspecified atom stereocenters. The van der Waals surface area contributed by atoms with Gasteiger partial charge in [-0.3, -0.25) is 14.9 Å². The van der Waals surface area contributed by atoms with E-state index in [-0.39, 0.29) is 17.1 Å². The topological polar surface area (TPSA) is 76.9 Å². The van der Waals surface area contributed by atoms with Crippen molar-refractivity contribution in [3.8, 4) is 0 Å². The number of aromatic nitrogens is 3. The van der Waals surface area contributed by atoms with E-state index in [1.54, 1.807) is 19.2 Å². The maximum atomic E-state index is 13.2. The van der Waals surface area contributed by atoms with E-state index in [9.17, 15) is 14.0 Å². The lowest BCUT2D eigenvalue weighted by Crippen LogP contribution is -2.25. The fourth-order valence-corrected chi connectivity index (χ4v) is 3.09. The average molecular weight is 358 g/mol. The molecule has 1 amide bonds. The molecule has 0 atom stereocenters. The van der Waals surface area contributed by atoms with Gasteiger partial charge in [-0.2, -0.15) is 5.10 Å². The summed E-state index contributed by atoms with van der Waals surface area (Å²) in [6, 6.07) is 9.04. The summed E-state index contributed by atoms with van der Waals surface area (Å²) in [6.45, 7) is 2.16. The van der Waals surface area contributed by atoms with Gasteiger partial charge in [-0.25, -0.2) is 14.1 Å². The van der Waals surface area contributed by atoms with E-state index in [0.29, 0.717) is 18.1 Å². The largest absolute Gasteiger partial charge is 0.296 e. The molecule has 2 heterocycles. The number of thiazole rings is 1. The minimum atomic E-state index is -0.436. The zero-order chi connectivity index (χ0) is 17.8. The molecule has 0 aliphatic heterocycles. The van der Waals surface area contributed by atoms with Crippen molar-refractivity contribution in [2.24, 2.45) is 0 Å². The highest BCUT2D eigenvalue weighted by Gasteiger charge is 2.12. The van der Waals surface area contributed by atoms with Gasteiger partial charge in [0.25, 0.3) is 11.5 Å². The molecule has 3 aromatic rings. The van der Waals surface area contributed by atoms with Crippen LogP contribution in [0.5, 0.6) is 0 Å². The van der Waals surface area contributed by atoms with Gasteiger partial charge in [0.15, 0.2) is 5.13 Å². The van der Waals surface area contributed by atoms with Gasteiger partial charge in [0.1, 0.15) is 11.5 Å². The van der Waals surface area contributed by atoms with Crippen molar-refractivity contribution in [1.82, 2.24) is 14.8 Å². The Morgan fingerprint density at radius 3 is 2.92 bits per heavy atom. The third kappa shape index (κ3) is 4.16. The number of nitrogens with zero attached hydrogens (tertiary/aromatic N) is 3. The number of amides is 1. The molecule has 8 heteroatoms. The molecule has 1 N–H and O–H groups in total. The number of aryl methyl sites for hydroxylation is 1. The Hall–Kier alpha value is -2.87. The van der Waals surface area contributed by atoms with Crippen molar-refractivity contribution < 1.29 is 9.18 Å². The van der Waals surface area contributed by atoms with E-state index < -0.39 is 5.91 Å². The molecule has 25 heavy (non-hydrogen) atoms. The van der Waals surface area contributed by atoms with E-state index in [4.69, 9.17) is 0 Å². The number of carbonyl (C=O) groups excluding carboxylic acids is 1. The van der Waals surface area contributed by atoms with E-state index in [0.717, 1.165) is 10.4 Å². The Morgan fingerprint density at radius 2 is 2.16 bits per heavy atom. The average Bonchev–Trinajstić information content (AvgIpc) is 3.02. The first-order valence-corrected chi connectivity index (χ1v) is 8.45. The normalized spacial score (nSPS) is 10.6. The van der Waals surface area contributed by atoms with Gasteiger partial charge in [0.2, 0.25) is 0 Å². The first-order valence-electron chi connectivity index (χ1n) is 7.64. The molecule has 0 aliphatic carbocycles. The monoisotopic (exact) mass is 358 g/mol. The zero-order valence-electron chi connectivity index (χ0n) is 13.4. The number of rotatable bonds is 5. The molecule has 0 spiro atoms. The van der Waals surface area contributed by atoms with E-state index in [2.05, 4.69) is 15.4 Å². The van der Waals surface area contributed by atoms with Crippen LogP contribution in [-0.4, -0.2) is 20.7 Å². The third-order valence-corrected chi connectivity index (χ3v) is 4.35. The predicted octanol–water partition coefficient (Wildman–Crippen LogP) is 2.70. The van der Waals surface area contributed by atoms with Gasteiger partial charge >= 0.3 is 0 Å². The van der Waals surface area contributed by atoms with E-state index in [1.807, 2.05) is 6.07 Å². The van der Waals surface area contributed by atoms with Gasteiger partial charge in [0.05, 0.1) is 0 Å². The molecule has 0 aliphatic rings. The summed E-state index contributed by atoms with van der Waals surface area (Å²) in [6.07, 6.45) is 2.18. The number of carbonyl (C=O) groups is 1. The van der Waals surface area contributed by atoms with E-state index >= 15 is 0 Å². The summed E-state index contributed by atoms with van der Waals surface area (Å²) < 4.78 is 14.4. The van der Waals surface area contributed by atoms with Gasteiger partial charge in [-0.05, 0) is 30.7 Å². The second kappa shape index (κ2) is 7.35. The van der Waals surface area contributed by atoms with Crippen molar-refractivity contribution in [2.75, 3.05) is 5.32 Å². The zero-order valence-corrected chi connectivity index (χ0v) is 14.2. The molecular weight excluding hydrogens is 343 g/mol. The quantitative estimate of drug-likeness (QED) is 0.761. The molecule has 3 rings (SSSR count). The highest BCUT2D eigenvalue weighted by molar-refractivity contribution is 7.15. The fraction of sp³-hybridized carbons (Fsp3) is 0.176. The number of benzene rings is 1. The van der Waals surface area contributed by atoms with Crippen molar-refractivity contribution in [3.05, 3.63) is 74.9 Å². The number of anilines is 1. The van der Waals surface area contributed by atoms with Crippen LogP contribution in [0.25, 0.3) is 0 Å². The van der Waals surface area contributed by atoms with Crippen molar-refractivity contribution in [2.45, 2.75) is 19.9 Å². The highest BCUT2D eigenvalue weighted by atomic mass is 32.1. The van der Waals surface area contributed by atoms with Crippen LogP contribution in [-0.2, 0) is 13.0 Å². The summed E-state index contributed by atoms with van der Waals surface area (Å²) >= 11 is 1.31. The molecule has 0 bridgehead atoms. The van der Waals surface area contributed by atoms with Crippen molar-refractivity contribution in [3.63, 3.8) is 0 Å². The molecule has 0 fully saturated rings. The smallest absolute Gasteiger partial charge is 0.277 e. The van der Waals surface area contributed by atoms with E-state index in [1.165, 1.54) is 40.3 Å². The van der Waals surface area contributed by atoms with Gasteiger partial charge in [-0.15, -0.1) is 11.3 Å². The lowest BCUT2D eigenvalue weighted by Gasteiger charge is -2.04. The Labute approximate surface area is 147 Å². The maximum Gasteiger partial charge on any atom is 0.277 e. The minimum absolute atomic E-state index is 0.142. The Morgan fingerprint density at radius 1 is 1.32 bits per heavy atom.